The van der Waals surface area contributed by atoms with Crippen LogP contribution in [0.3, 0.4) is 0 Å². The standard InChI is InChI=1S/C19H15NO3/c21-18-17(10-5-11-20(18)19(22)23)13-14-6-4-9-16(12-14)15-7-2-1-3-8-15/h1-12H,13H2,(H,22,23). The van der Waals surface area contributed by atoms with Gasteiger partial charge in [-0.15, -0.1) is 0 Å². The van der Waals surface area contributed by atoms with E-state index in [2.05, 4.69) is 0 Å². The Labute approximate surface area is 133 Å². The number of nitrogens with zero attached hydrogens (tertiary/aromatic N) is 1. The third-order valence-corrected chi connectivity index (χ3v) is 3.66. The number of hydrogen-bond acceptors (Lipinski definition) is 2. The molecule has 114 valence electrons. The van der Waals surface area contributed by atoms with Gasteiger partial charge in [0.15, 0.2) is 0 Å². The van der Waals surface area contributed by atoms with Gasteiger partial charge in [0.05, 0.1) is 0 Å². The summed E-state index contributed by atoms with van der Waals surface area (Å²) in [6, 6.07) is 21.1. The Kier molecular flexibility index (Phi) is 4.06. The summed E-state index contributed by atoms with van der Waals surface area (Å²) < 4.78 is 0.705. The minimum absolute atomic E-state index is 0.396. The number of benzene rings is 2. The van der Waals surface area contributed by atoms with E-state index in [4.69, 9.17) is 5.11 Å². The second-order valence-electron chi connectivity index (χ2n) is 5.23. The van der Waals surface area contributed by atoms with Gasteiger partial charge < -0.3 is 5.11 Å². The zero-order valence-corrected chi connectivity index (χ0v) is 12.3. The van der Waals surface area contributed by atoms with Crippen LogP contribution in [0, 0.1) is 0 Å². The van der Waals surface area contributed by atoms with Gasteiger partial charge in [0.1, 0.15) is 0 Å². The van der Waals surface area contributed by atoms with Crippen molar-refractivity contribution in [2.75, 3.05) is 0 Å². The predicted molar refractivity (Wildman–Crippen MR) is 88.8 cm³/mol. The highest BCUT2D eigenvalue weighted by atomic mass is 16.4. The Morgan fingerprint density at radius 3 is 2.39 bits per heavy atom. The summed E-state index contributed by atoms with van der Waals surface area (Å²) in [4.78, 5) is 23.2. The molecule has 0 fully saturated rings. The van der Waals surface area contributed by atoms with Crippen LogP contribution in [0.2, 0.25) is 0 Å². The molecule has 23 heavy (non-hydrogen) atoms. The third-order valence-electron chi connectivity index (χ3n) is 3.66. The van der Waals surface area contributed by atoms with Gasteiger partial charge in [-0.2, -0.15) is 0 Å². The van der Waals surface area contributed by atoms with E-state index in [-0.39, 0.29) is 0 Å². The molecule has 4 nitrogen and oxygen atoms in total. The summed E-state index contributed by atoms with van der Waals surface area (Å²) in [5, 5.41) is 9.01. The minimum atomic E-state index is -1.27. The fraction of sp³-hybridized carbons (Fsp3) is 0.0526. The van der Waals surface area contributed by atoms with Crippen LogP contribution in [0.5, 0.6) is 0 Å². The third kappa shape index (κ3) is 3.21. The zero-order chi connectivity index (χ0) is 16.2. The first-order valence-electron chi connectivity index (χ1n) is 7.23. The molecule has 0 bridgehead atoms. The lowest BCUT2D eigenvalue weighted by molar-refractivity contribution is 0.195. The number of hydrogen-bond donors (Lipinski definition) is 1. The van der Waals surface area contributed by atoms with Crippen LogP contribution in [0.4, 0.5) is 4.79 Å². The molecule has 0 saturated heterocycles. The van der Waals surface area contributed by atoms with Crippen LogP contribution < -0.4 is 5.56 Å². The van der Waals surface area contributed by atoms with Crippen molar-refractivity contribution >= 4 is 6.09 Å². The van der Waals surface area contributed by atoms with E-state index < -0.39 is 11.7 Å². The molecular formula is C19H15NO3. The largest absolute Gasteiger partial charge is 0.464 e. The number of aromatic nitrogens is 1. The lowest BCUT2D eigenvalue weighted by atomic mass is 10.00. The first-order valence-corrected chi connectivity index (χ1v) is 7.23. The zero-order valence-electron chi connectivity index (χ0n) is 12.3. The van der Waals surface area contributed by atoms with E-state index in [1.807, 2.05) is 54.6 Å². The van der Waals surface area contributed by atoms with Gasteiger partial charge in [-0.05, 0) is 22.8 Å². The highest BCUT2D eigenvalue weighted by Gasteiger charge is 2.09. The average Bonchev–Trinajstić information content (AvgIpc) is 2.57. The number of pyridine rings is 1. The number of carboxylic acid groups (broad SMARTS) is 1. The molecule has 1 aromatic heterocycles. The summed E-state index contributed by atoms with van der Waals surface area (Å²) in [6.45, 7) is 0. The van der Waals surface area contributed by atoms with Crippen LogP contribution in [-0.2, 0) is 6.42 Å². The van der Waals surface area contributed by atoms with Crippen molar-refractivity contribution < 1.29 is 9.90 Å². The van der Waals surface area contributed by atoms with E-state index in [1.165, 1.54) is 6.20 Å². The molecule has 2 aromatic carbocycles. The van der Waals surface area contributed by atoms with Crippen molar-refractivity contribution in [1.82, 2.24) is 4.57 Å². The molecule has 0 saturated carbocycles. The first-order chi connectivity index (χ1) is 11.1. The molecule has 0 aliphatic heterocycles. The van der Waals surface area contributed by atoms with Crippen molar-refractivity contribution in [1.29, 1.82) is 0 Å². The molecule has 0 unspecified atom stereocenters. The summed E-state index contributed by atoms with van der Waals surface area (Å²) in [5.41, 5.74) is 3.10. The smallest absolute Gasteiger partial charge is 0.418 e. The lowest BCUT2D eigenvalue weighted by Gasteiger charge is -2.07. The van der Waals surface area contributed by atoms with Crippen molar-refractivity contribution in [3.8, 4) is 11.1 Å². The molecule has 0 amide bonds. The maximum Gasteiger partial charge on any atom is 0.418 e. The highest BCUT2D eigenvalue weighted by Crippen LogP contribution is 2.20. The molecule has 1 heterocycles. The van der Waals surface area contributed by atoms with Crippen LogP contribution in [0.15, 0.2) is 77.7 Å². The second-order valence-corrected chi connectivity index (χ2v) is 5.23. The number of carbonyl (C=O) groups is 1. The van der Waals surface area contributed by atoms with E-state index in [0.717, 1.165) is 16.7 Å². The van der Waals surface area contributed by atoms with E-state index in [1.54, 1.807) is 12.1 Å². The van der Waals surface area contributed by atoms with Gasteiger partial charge in [0.2, 0.25) is 0 Å². The Bertz CT molecular complexity index is 898. The summed E-state index contributed by atoms with van der Waals surface area (Å²) in [7, 11) is 0. The topological polar surface area (TPSA) is 59.3 Å². The van der Waals surface area contributed by atoms with Crippen LogP contribution in [0.25, 0.3) is 11.1 Å². The minimum Gasteiger partial charge on any atom is -0.464 e. The molecule has 0 radical (unpaired) electrons. The Morgan fingerprint density at radius 2 is 1.65 bits per heavy atom. The summed E-state index contributed by atoms with van der Waals surface area (Å²) in [5.74, 6) is 0. The molecule has 0 aliphatic rings. The lowest BCUT2D eigenvalue weighted by Crippen LogP contribution is -2.27. The van der Waals surface area contributed by atoms with Gasteiger partial charge in [-0.25, -0.2) is 9.36 Å². The molecular weight excluding hydrogens is 290 g/mol. The number of rotatable bonds is 3. The fourth-order valence-electron chi connectivity index (χ4n) is 2.54. The van der Waals surface area contributed by atoms with Gasteiger partial charge in [-0.1, -0.05) is 60.7 Å². The van der Waals surface area contributed by atoms with Crippen molar-refractivity contribution in [2.45, 2.75) is 6.42 Å². The predicted octanol–water partition coefficient (Wildman–Crippen LogP) is 3.63. The van der Waals surface area contributed by atoms with E-state index in [0.29, 0.717) is 16.6 Å². The normalized spacial score (nSPS) is 10.4. The molecule has 3 aromatic rings. The SMILES string of the molecule is O=C(O)n1cccc(Cc2cccc(-c3ccccc3)c2)c1=O. The van der Waals surface area contributed by atoms with Gasteiger partial charge in [-0.3, -0.25) is 4.79 Å². The molecule has 1 N–H and O–H groups in total. The van der Waals surface area contributed by atoms with E-state index >= 15 is 0 Å². The highest BCUT2D eigenvalue weighted by molar-refractivity contribution is 5.68. The van der Waals surface area contributed by atoms with Crippen LogP contribution >= 0.6 is 0 Å². The monoisotopic (exact) mass is 305 g/mol. The summed E-state index contributed by atoms with van der Waals surface area (Å²) in [6.07, 6.45) is 0.386. The maximum atomic E-state index is 12.2. The average molecular weight is 305 g/mol. The Morgan fingerprint density at radius 1 is 0.913 bits per heavy atom. The quantitative estimate of drug-likeness (QED) is 0.804. The molecule has 3 rings (SSSR count). The first kappa shape index (κ1) is 14.8. The van der Waals surface area contributed by atoms with Gasteiger partial charge in [0, 0.05) is 18.2 Å². The fourth-order valence-corrected chi connectivity index (χ4v) is 2.54. The molecule has 0 atom stereocenters. The van der Waals surface area contributed by atoms with Gasteiger partial charge in [0.25, 0.3) is 5.56 Å². The van der Waals surface area contributed by atoms with Crippen molar-refractivity contribution in [2.24, 2.45) is 0 Å². The second kappa shape index (κ2) is 6.32. The maximum absolute atomic E-state index is 12.2. The molecule has 4 heteroatoms. The van der Waals surface area contributed by atoms with Crippen molar-refractivity contribution in [3.05, 3.63) is 94.4 Å². The van der Waals surface area contributed by atoms with Crippen LogP contribution in [0.1, 0.15) is 11.1 Å². The van der Waals surface area contributed by atoms with Gasteiger partial charge >= 0.3 is 6.09 Å². The van der Waals surface area contributed by atoms with Crippen molar-refractivity contribution in [3.63, 3.8) is 0 Å². The van der Waals surface area contributed by atoms with E-state index in [9.17, 15) is 9.59 Å². The Balaban J connectivity index is 1.94. The summed E-state index contributed by atoms with van der Waals surface area (Å²) >= 11 is 0. The van der Waals surface area contributed by atoms with Crippen LogP contribution in [-0.4, -0.2) is 15.8 Å². The Hall–Kier alpha value is -3.14. The molecule has 0 spiro atoms. The molecule has 0 aliphatic carbocycles.